The Morgan fingerprint density at radius 2 is 1.94 bits per heavy atom. The molecule has 0 aliphatic rings. The fourth-order valence-corrected chi connectivity index (χ4v) is 0.760. The van der Waals surface area contributed by atoms with Gasteiger partial charge in [-0.25, -0.2) is 4.79 Å². The molecule has 2 atom stereocenters. The summed E-state index contributed by atoms with van der Waals surface area (Å²) in [5.41, 5.74) is -0.855. The number of aliphatic hydroxyl groups is 3. The number of hydrogen-bond donors (Lipinski definition) is 5. The van der Waals surface area contributed by atoms with Crippen molar-refractivity contribution in [1.29, 1.82) is 0 Å². The highest BCUT2D eigenvalue weighted by atomic mass is 16.4. The van der Waals surface area contributed by atoms with Gasteiger partial charge in [0, 0.05) is 18.7 Å². The number of aromatic amines is 2. The van der Waals surface area contributed by atoms with Gasteiger partial charge in [-0.3, -0.25) is 9.78 Å². The highest BCUT2D eigenvalue weighted by molar-refractivity contribution is 5.50. The van der Waals surface area contributed by atoms with Crippen molar-refractivity contribution >= 4 is 6.29 Å². The van der Waals surface area contributed by atoms with E-state index in [2.05, 4.69) is 4.98 Å². The Hall–Kier alpha value is -1.77. The van der Waals surface area contributed by atoms with E-state index in [4.69, 9.17) is 15.3 Å². The summed E-state index contributed by atoms with van der Waals surface area (Å²) in [4.78, 5) is 34.3. The molecule has 8 nitrogen and oxygen atoms in total. The Morgan fingerprint density at radius 1 is 1.29 bits per heavy atom. The molecule has 0 amide bonds. The Morgan fingerprint density at radius 3 is 2.29 bits per heavy atom. The summed E-state index contributed by atoms with van der Waals surface area (Å²) in [6.45, 7) is -0.519. The second-order valence-electron chi connectivity index (χ2n) is 3.02. The lowest BCUT2D eigenvalue weighted by molar-refractivity contribution is -0.111. The van der Waals surface area contributed by atoms with Crippen LogP contribution in [0.5, 0.6) is 0 Å². The standard InChI is InChI=1S/C5H10O4.C4H4N2O2/c6-2-1-4(8)5(9)3-7;7-3-1-2-5-4(8)6-3/h2,4-5,7-9H,1,3H2;1-2H,(H2,5,6,7,8)/t4-,5+;/m0./s1. The van der Waals surface area contributed by atoms with Crippen molar-refractivity contribution in [3.63, 3.8) is 0 Å². The van der Waals surface area contributed by atoms with Crippen LogP contribution in [0, 0.1) is 0 Å². The maximum atomic E-state index is 10.2. The third kappa shape index (κ3) is 7.17. The number of H-pyrrole nitrogens is 2. The maximum Gasteiger partial charge on any atom is 0.325 e. The van der Waals surface area contributed by atoms with Crippen LogP contribution < -0.4 is 11.2 Å². The van der Waals surface area contributed by atoms with Crippen molar-refractivity contribution in [1.82, 2.24) is 9.97 Å². The van der Waals surface area contributed by atoms with E-state index in [0.29, 0.717) is 6.29 Å². The largest absolute Gasteiger partial charge is 0.394 e. The quantitative estimate of drug-likeness (QED) is 0.367. The molecule has 0 saturated heterocycles. The Balaban J connectivity index is 0.000000302. The first kappa shape index (κ1) is 15.2. The maximum absolute atomic E-state index is 10.2. The number of rotatable bonds is 4. The van der Waals surface area contributed by atoms with Crippen LogP contribution in [0.1, 0.15) is 6.42 Å². The van der Waals surface area contributed by atoms with Crippen LogP contribution in [0.15, 0.2) is 21.9 Å². The van der Waals surface area contributed by atoms with Gasteiger partial charge in [0.1, 0.15) is 12.4 Å². The first-order valence-corrected chi connectivity index (χ1v) is 4.70. The van der Waals surface area contributed by atoms with Crippen molar-refractivity contribution in [2.24, 2.45) is 0 Å². The zero-order chi connectivity index (χ0) is 13.3. The van der Waals surface area contributed by atoms with Crippen LogP contribution in [0.4, 0.5) is 0 Å². The molecule has 0 radical (unpaired) electrons. The van der Waals surface area contributed by atoms with Gasteiger partial charge in [-0.1, -0.05) is 0 Å². The SMILES string of the molecule is O=CC[C@H](O)[C@H](O)CO.O=c1cc[nH]c(=O)[nH]1. The molecule has 0 unspecified atom stereocenters. The minimum absolute atomic E-state index is 0.137. The lowest BCUT2D eigenvalue weighted by Crippen LogP contribution is -2.29. The average molecular weight is 246 g/mol. The second kappa shape index (κ2) is 8.39. The molecule has 0 spiro atoms. The Kier molecular flexibility index (Phi) is 7.52. The van der Waals surface area contributed by atoms with Crippen molar-refractivity contribution in [3.05, 3.63) is 33.1 Å². The Bertz CT molecular complexity index is 400. The molecule has 0 aliphatic carbocycles. The van der Waals surface area contributed by atoms with Gasteiger partial charge in [-0.2, -0.15) is 0 Å². The number of aliphatic hydroxyl groups excluding tert-OH is 3. The number of aldehydes is 1. The second-order valence-corrected chi connectivity index (χ2v) is 3.02. The number of carbonyl (C=O) groups is 1. The first-order valence-electron chi connectivity index (χ1n) is 4.70. The fraction of sp³-hybridized carbons (Fsp3) is 0.444. The number of carbonyl (C=O) groups excluding carboxylic acids is 1. The van der Waals surface area contributed by atoms with Crippen molar-refractivity contribution in [2.45, 2.75) is 18.6 Å². The topological polar surface area (TPSA) is 143 Å². The average Bonchev–Trinajstić information content (AvgIpc) is 2.28. The lowest BCUT2D eigenvalue weighted by Gasteiger charge is -2.11. The van der Waals surface area contributed by atoms with Crippen LogP contribution >= 0.6 is 0 Å². The molecule has 1 rings (SSSR count). The van der Waals surface area contributed by atoms with Gasteiger partial charge < -0.3 is 25.1 Å². The monoisotopic (exact) mass is 246 g/mol. The molecule has 0 bridgehead atoms. The molecule has 0 aromatic carbocycles. The zero-order valence-corrected chi connectivity index (χ0v) is 8.87. The van der Waals surface area contributed by atoms with E-state index in [9.17, 15) is 14.4 Å². The molecule has 17 heavy (non-hydrogen) atoms. The predicted molar refractivity (Wildman–Crippen MR) is 57.5 cm³/mol. The third-order valence-electron chi connectivity index (χ3n) is 1.65. The van der Waals surface area contributed by atoms with Gasteiger partial charge in [-0.15, -0.1) is 0 Å². The van der Waals surface area contributed by atoms with Gasteiger partial charge in [0.2, 0.25) is 0 Å². The van der Waals surface area contributed by atoms with E-state index in [1.165, 1.54) is 12.3 Å². The van der Waals surface area contributed by atoms with Crippen molar-refractivity contribution in [2.75, 3.05) is 6.61 Å². The molecule has 8 heteroatoms. The van der Waals surface area contributed by atoms with Crippen LogP contribution in [0.25, 0.3) is 0 Å². The van der Waals surface area contributed by atoms with E-state index >= 15 is 0 Å². The molecule has 0 saturated carbocycles. The molecule has 1 aromatic rings. The van der Waals surface area contributed by atoms with Crippen molar-refractivity contribution < 1.29 is 20.1 Å². The summed E-state index contributed by atoms with van der Waals surface area (Å²) in [5.74, 6) is 0. The molecule has 1 aromatic heterocycles. The molecule has 1 heterocycles. The summed E-state index contributed by atoms with van der Waals surface area (Å²) in [6, 6.07) is 1.24. The first-order chi connectivity index (χ1) is 8.01. The zero-order valence-electron chi connectivity index (χ0n) is 8.87. The number of nitrogens with one attached hydrogen (secondary N) is 2. The third-order valence-corrected chi connectivity index (χ3v) is 1.65. The van der Waals surface area contributed by atoms with Gasteiger partial charge in [0.05, 0.1) is 12.7 Å². The fourth-order valence-electron chi connectivity index (χ4n) is 0.760. The minimum Gasteiger partial charge on any atom is -0.394 e. The predicted octanol–water partition coefficient (Wildman–Crippen LogP) is -2.65. The summed E-state index contributed by atoms with van der Waals surface area (Å²) in [6.07, 6.45) is -0.686. The lowest BCUT2D eigenvalue weighted by atomic mass is 10.2. The summed E-state index contributed by atoms with van der Waals surface area (Å²) in [7, 11) is 0. The van der Waals surface area contributed by atoms with Gasteiger partial charge in [0.25, 0.3) is 5.56 Å². The highest BCUT2D eigenvalue weighted by Crippen LogP contribution is 1.94. The molecular formula is C9H14N2O6. The minimum atomic E-state index is -1.20. The van der Waals surface area contributed by atoms with E-state index in [0.717, 1.165) is 0 Å². The van der Waals surface area contributed by atoms with Crippen molar-refractivity contribution in [3.8, 4) is 0 Å². The summed E-state index contributed by atoms with van der Waals surface area (Å²) >= 11 is 0. The van der Waals surface area contributed by atoms with Crippen LogP contribution in [-0.2, 0) is 4.79 Å². The molecule has 0 aliphatic heterocycles. The number of hydrogen-bond acceptors (Lipinski definition) is 6. The summed E-state index contributed by atoms with van der Waals surface area (Å²) < 4.78 is 0. The number of aromatic nitrogens is 2. The summed E-state index contributed by atoms with van der Waals surface area (Å²) in [5, 5.41) is 25.5. The molecule has 96 valence electrons. The van der Waals surface area contributed by atoms with Crippen LogP contribution in [-0.4, -0.2) is 50.4 Å². The van der Waals surface area contributed by atoms with Crippen LogP contribution in [0.3, 0.4) is 0 Å². The van der Waals surface area contributed by atoms with Gasteiger partial charge in [0.15, 0.2) is 0 Å². The van der Waals surface area contributed by atoms with E-state index in [1.54, 1.807) is 0 Å². The highest BCUT2D eigenvalue weighted by Gasteiger charge is 2.13. The van der Waals surface area contributed by atoms with E-state index in [1.807, 2.05) is 4.98 Å². The van der Waals surface area contributed by atoms with Crippen LogP contribution in [0.2, 0.25) is 0 Å². The van der Waals surface area contributed by atoms with Gasteiger partial charge in [-0.05, 0) is 0 Å². The molecule has 5 N–H and O–H groups in total. The van der Waals surface area contributed by atoms with E-state index < -0.39 is 24.5 Å². The molecule has 0 fully saturated rings. The van der Waals surface area contributed by atoms with E-state index in [-0.39, 0.29) is 12.0 Å². The normalized spacial score (nSPS) is 13.1. The van der Waals surface area contributed by atoms with Gasteiger partial charge >= 0.3 is 5.69 Å². The smallest absolute Gasteiger partial charge is 0.325 e. The molecular weight excluding hydrogens is 232 g/mol. The Labute approximate surface area is 95.6 Å².